The first-order valence-electron chi connectivity index (χ1n) is 4.46. The molecular formula is C9H17NO3. The highest BCUT2D eigenvalue weighted by molar-refractivity contribution is 5.79. The van der Waals surface area contributed by atoms with Gasteiger partial charge in [0.2, 0.25) is 0 Å². The van der Waals surface area contributed by atoms with E-state index in [2.05, 4.69) is 0 Å². The maximum absolute atomic E-state index is 11.5. The lowest BCUT2D eigenvalue weighted by Gasteiger charge is -2.44. The van der Waals surface area contributed by atoms with E-state index >= 15 is 0 Å². The highest BCUT2D eigenvalue weighted by atomic mass is 16.5. The second kappa shape index (κ2) is 3.64. The van der Waals surface area contributed by atoms with E-state index in [-0.39, 0.29) is 17.9 Å². The number of hydrogen-bond acceptors (Lipinski definition) is 4. The molecule has 1 atom stereocenters. The van der Waals surface area contributed by atoms with Crippen LogP contribution in [0.2, 0.25) is 0 Å². The van der Waals surface area contributed by atoms with Crippen LogP contribution in [0, 0.1) is 11.3 Å². The second-order valence-electron chi connectivity index (χ2n) is 3.91. The first-order chi connectivity index (χ1) is 6.04. The van der Waals surface area contributed by atoms with Crippen LogP contribution in [0.4, 0.5) is 0 Å². The number of nitrogens with two attached hydrogens (primary N) is 1. The van der Waals surface area contributed by atoms with Gasteiger partial charge >= 0.3 is 5.97 Å². The van der Waals surface area contributed by atoms with E-state index in [1.807, 2.05) is 13.8 Å². The van der Waals surface area contributed by atoms with Crippen LogP contribution >= 0.6 is 0 Å². The summed E-state index contributed by atoms with van der Waals surface area (Å²) >= 11 is 0. The Morgan fingerprint density at radius 1 is 1.54 bits per heavy atom. The first-order valence-corrected chi connectivity index (χ1v) is 4.46. The molecule has 0 aromatic rings. The van der Waals surface area contributed by atoms with Gasteiger partial charge < -0.3 is 15.2 Å². The van der Waals surface area contributed by atoms with Crippen molar-refractivity contribution in [2.24, 2.45) is 17.1 Å². The van der Waals surface area contributed by atoms with E-state index in [0.717, 1.165) is 0 Å². The number of rotatable bonds is 3. The average molecular weight is 187 g/mol. The number of carbonyl (C=O) groups excluding carboxylic acids is 1. The zero-order valence-electron chi connectivity index (χ0n) is 8.37. The maximum atomic E-state index is 11.5. The summed E-state index contributed by atoms with van der Waals surface area (Å²) < 4.78 is 9.78. The molecule has 1 heterocycles. The van der Waals surface area contributed by atoms with Crippen LogP contribution in [0.5, 0.6) is 0 Å². The molecule has 4 heteroatoms. The first kappa shape index (κ1) is 10.5. The zero-order chi connectivity index (χ0) is 10.1. The van der Waals surface area contributed by atoms with E-state index in [4.69, 9.17) is 15.2 Å². The van der Waals surface area contributed by atoms with Crippen molar-refractivity contribution in [3.8, 4) is 0 Å². The minimum absolute atomic E-state index is 0.186. The van der Waals surface area contributed by atoms with Gasteiger partial charge in [-0.1, -0.05) is 13.8 Å². The molecule has 1 rings (SSSR count). The van der Waals surface area contributed by atoms with Crippen LogP contribution in [0.15, 0.2) is 0 Å². The minimum atomic E-state index is -0.594. The highest BCUT2D eigenvalue weighted by Gasteiger charge is 2.52. The summed E-state index contributed by atoms with van der Waals surface area (Å²) in [5, 5.41) is 0. The van der Waals surface area contributed by atoms with Crippen LogP contribution in [-0.2, 0) is 14.3 Å². The summed E-state index contributed by atoms with van der Waals surface area (Å²) in [6.45, 7) is 4.76. The van der Waals surface area contributed by atoms with Crippen LogP contribution in [0.3, 0.4) is 0 Å². The third-order valence-corrected chi connectivity index (χ3v) is 2.67. The van der Waals surface area contributed by atoms with Gasteiger partial charge in [-0.05, 0) is 5.92 Å². The topological polar surface area (TPSA) is 61.5 Å². The van der Waals surface area contributed by atoms with Crippen molar-refractivity contribution < 1.29 is 14.3 Å². The molecule has 0 spiro atoms. The monoisotopic (exact) mass is 187 g/mol. The average Bonchev–Trinajstić information content (AvgIpc) is 2.01. The molecule has 0 saturated carbocycles. The van der Waals surface area contributed by atoms with Crippen molar-refractivity contribution in [3.63, 3.8) is 0 Å². The summed E-state index contributed by atoms with van der Waals surface area (Å²) in [4.78, 5) is 11.5. The van der Waals surface area contributed by atoms with Crippen LogP contribution in [-0.4, -0.2) is 32.3 Å². The molecule has 4 nitrogen and oxygen atoms in total. The van der Waals surface area contributed by atoms with Crippen molar-refractivity contribution in [3.05, 3.63) is 0 Å². The van der Waals surface area contributed by atoms with Gasteiger partial charge in [-0.2, -0.15) is 0 Å². The predicted molar refractivity (Wildman–Crippen MR) is 48.1 cm³/mol. The molecule has 0 aromatic carbocycles. The van der Waals surface area contributed by atoms with Crippen molar-refractivity contribution in [2.75, 3.05) is 20.3 Å². The lowest BCUT2D eigenvalue weighted by Crippen LogP contribution is -2.62. The van der Waals surface area contributed by atoms with Crippen molar-refractivity contribution in [1.82, 2.24) is 0 Å². The summed E-state index contributed by atoms with van der Waals surface area (Å²) in [5.41, 5.74) is 5.36. The van der Waals surface area contributed by atoms with Gasteiger partial charge in [-0.15, -0.1) is 0 Å². The second-order valence-corrected chi connectivity index (χ2v) is 3.91. The predicted octanol–water partition coefficient (Wildman–Crippen LogP) is 0.159. The van der Waals surface area contributed by atoms with Crippen molar-refractivity contribution >= 4 is 5.97 Å². The molecule has 76 valence electrons. The molecule has 0 aliphatic carbocycles. The van der Waals surface area contributed by atoms with Gasteiger partial charge in [0.05, 0.1) is 20.3 Å². The van der Waals surface area contributed by atoms with Crippen LogP contribution in [0.25, 0.3) is 0 Å². The molecule has 2 N–H and O–H groups in total. The van der Waals surface area contributed by atoms with E-state index in [9.17, 15) is 4.79 Å². The molecule has 1 aliphatic heterocycles. The summed E-state index contributed by atoms with van der Waals surface area (Å²) in [5.74, 6) is 0.00273. The summed E-state index contributed by atoms with van der Waals surface area (Å²) in [7, 11) is 1.38. The lowest BCUT2D eigenvalue weighted by atomic mass is 9.74. The summed E-state index contributed by atoms with van der Waals surface area (Å²) in [6, 6.07) is -0.186. The number of methoxy groups -OCH3 is 1. The largest absolute Gasteiger partial charge is 0.468 e. The van der Waals surface area contributed by atoms with Crippen molar-refractivity contribution in [2.45, 2.75) is 19.9 Å². The van der Waals surface area contributed by atoms with Gasteiger partial charge in [0, 0.05) is 6.04 Å². The zero-order valence-corrected chi connectivity index (χ0v) is 8.37. The fourth-order valence-corrected chi connectivity index (χ4v) is 1.61. The smallest absolute Gasteiger partial charge is 0.318 e. The van der Waals surface area contributed by atoms with Crippen LogP contribution < -0.4 is 5.73 Å². The quantitative estimate of drug-likeness (QED) is 0.639. The molecular weight excluding hydrogens is 170 g/mol. The van der Waals surface area contributed by atoms with Gasteiger partial charge in [0.1, 0.15) is 5.41 Å². The SMILES string of the molecule is COC(=O)C1(C(N)C(C)C)COC1. The Morgan fingerprint density at radius 3 is 2.31 bits per heavy atom. The Hall–Kier alpha value is -0.610. The Labute approximate surface area is 78.4 Å². The molecule has 13 heavy (non-hydrogen) atoms. The maximum Gasteiger partial charge on any atom is 0.318 e. The molecule has 0 amide bonds. The van der Waals surface area contributed by atoms with E-state index in [0.29, 0.717) is 13.2 Å². The van der Waals surface area contributed by atoms with E-state index in [1.54, 1.807) is 0 Å². The standard InChI is InChI=1S/C9H17NO3/c1-6(2)7(10)9(4-13-5-9)8(11)12-3/h6-7H,4-5,10H2,1-3H3. The Kier molecular flexibility index (Phi) is 2.93. The van der Waals surface area contributed by atoms with Crippen molar-refractivity contribution in [1.29, 1.82) is 0 Å². The highest BCUT2D eigenvalue weighted by Crippen LogP contribution is 2.34. The number of hydrogen-bond donors (Lipinski definition) is 1. The molecule has 1 fully saturated rings. The molecule has 1 saturated heterocycles. The van der Waals surface area contributed by atoms with E-state index < -0.39 is 5.41 Å². The van der Waals surface area contributed by atoms with Gasteiger partial charge in [-0.25, -0.2) is 0 Å². The Bertz CT molecular complexity index is 199. The third-order valence-electron chi connectivity index (χ3n) is 2.67. The van der Waals surface area contributed by atoms with Crippen LogP contribution in [0.1, 0.15) is 13.8 Å². The number of carbonyl (C=O) groups is 1. The molecule has 0 aromatic heterocycles. The number of ether oxygens (including phenoxy) is 2. The molecule has 0 bridgehead atoms. The fraction of sp³-hybridized carbons (Fsp3) is 0.889. The molecule has 0 radical (unpaired) electrons. The minimum Gasteiger partial charge on any atom is -0.468 e. The van der Waals surface area contributed by atoms with Gasteiger partial charge in [-0.3, -0.25) is 4.79 Å². The number of esters is 1. The molecule has 1 aliphatic rings. The Balaban J connectivity index is 2.75. The van der Waals surface area contributed by atoms with Gasteiger partial charge in [0.25, 0.3) is 0 Å². The lowest BCUT2D eigenvalue weighted by molar-refractivity contribution is -0.190. The fourth-order valence-electron chi connectivity index (χ4n) is 1.61. The molecule has 1 unspecified atom stereocenters. The van der Waals surface area contributed by atoms with E-state index in [1.165, 1.54) is 7.11 Å². The summed E-state index contributed by atoms with van der Waals surface area (Å²) in [6.07, 6.45) is 0. The third kappa shape index (κ3) is 1.56. The Morgan fingerprint density at radius 2 is 2.08 bits per heavy atom. The normalized spacial score (nSPS) is 22.2. The van der Waals surface area contributed by atoms with Gasteiger partial charge in [0.15, 0.2) is 0 Å².